The van der Waals surface area contributed by atoms with Crippen molar-refractivity contribution < 1.29 is 17.5 Å². The van der Waals surface area contributed by atoms with Gasteiger partial charge in [0.25, 0.3) is 10.2 Å². The highest BCUT2D eigenvalue weighted by molar-refractivity contribution is 7.87. The third-order valence-electron chi connectivity index (χ3n) is 3.15. The molecule has 0 saturated carbocycles. The summed E-state index contributed by atoms with van der Waals surface area (Å²) in [6.07, 6.45) is -0.602. The van der Waals surface area contributed by atoms with E-state index in [0.29, 0.717) is 25.3 Å². The van der Waals surface area contributed by atoms with Gasteiger partial charge in [0.05, 0.1) is 17.7 Å². The highest BCUT2D eigenvalue weighted by atomic mass is 35.5. The van der Waals surface area contributed by atoms with E-state index in [1.165, 1.54) is 19.2 Å². The van der Waals surface area contributed by atoms with Crippen molar-refractivity contribution >= 4 is 34.2 Å². The van der Waals surface area contributed by atoms with E-state index in [0.717, 1.165) is 0 Å². The van der Waals surface area contributed by atoms with E-state index in [4.69, 9.17) is 16.3 Å². The second kappa shape index (κ2) is 8.39. The van der Waals surface area contributed by atoms with Gasteiger partial charge in [-0.2, -0.15) is 13.1 Å². The van der Waals surface area contributed by atoms with Crippen LogP contribution in [0.15, 0.2) is 18.2 Å². The third-order valence-corrected chi connectivity index (χ3v) is 4.61. The van der Waals surface area contributed by atoms with Crippen LogP contribution in [-0.4, -0.2) is 41.2 Å². The lowest BCUT2D eigenvalue weighted by atomic mass is 10.0. The summed E-state index contributed by atoms with van der Waals surface area (Å²) < 4.78 is 47.3. The predicted octanol–water partition coefficient (Wildman–Crippen LogP) is 0.984. The van der Waals surface area contributed by atoms with E-state index in [1.807, 2.05) is 0 Å². The number of halogens is 3. The first-order valence-electron chi connectivity index (χ1n) is 6.41. The molecule has 1 aliphatic heterocycles. The zero-order chi connectivity index (χ0) is 15.5. The van der Waals surface area contributed by atoms with Gasteiger partial charge in [0.2, 0.25) is 0 Å². The van der Waals surface area contributed by atoms with Crippen LogP contribution in [0.5, 0.6) is 0 Å². The van der Waals surface area contributed by atoms with Crippen LogP contribution < -0.4 is 14.8 Å². The SMILES string of the molecule is CNS(=O)(=O)N[C@@H]1CNCCO[C@H]1c1ccc(Cl)c(F)c1.Cl. The molecule has 2 atom stereocenters. The Hall–Kier alpha value is -0.480. The van der Waals surface area contributed by atoms with E-state index >= 15 is 0 Å². The lowest BCUT2D eigenvalue weighted by Gasteiger charge is -2.25. The smallest absolute Gasteiger partial charge is 0.277 e. The van der Waals surface area contributed by atoms with Gasteiger partial charge in [-0.1, -0.05) is 17.7 Å². The average Bonchev–Trinajstić information content (AvgIpc) is 2.67. The van der Waals surface area contributed by atoms with Gasteiger partial charge in [0, 0.05) is 20.1 Å². The summed E-state index contributed by atoms with van der Waals surface area (Å²) in [4.78, 5) is 0. The Morgan fingerprint density at radius 2 is 2.18 bits per heavy atom. The summed E-state index contributed by atoms with van der Waals surface area (Å²) in [5.41, 5.74) is 0.532. The monoisotopic (exact) mass is 373 g/mol. The Labute approximate surface area is 140 Å². The molecule has 1 heterocycles. The molecular formula is C12H18Cl2FN3O3S. The van der Waals surface area contributed by atoms with Crippen LogP contribution in [0.3, 0.4) is 0 Å². The third kappa shape index (κ3) is 5.02. The summed E-state index contributed by atoms with van der Waals surface area (Å²) in [7, 11) is -2.32. The van der Waals surface area contributed by atoms with Crippen LogP contribution >= 0.6 is 24.0 Å². The lowest BCUT2D eigenvalue weighted by molar-refractivity contribution is 0.0490. The molecular weight excluding hydrogens is 356 g/mol. The van der Waals surface area contributed by atoms with Gasteiger partial charge in [0.1, 0.15) is 11.9 Å². The molecule has 0 spiro atoms. The fourth-order valence-corrected chi connectivity index (χ4v) is 2.96. The molecule has 2 rings (SSSR count). The molecule has 0 unspecified atom stereocenters. The molecule has 1 aromatic carbocycles. The van der Waals surface area contributed by atoms with Crippen molar-refractivity contribution in [1.82, 2.24) is 14.8 Å². The summed E-state index contributed by atoms with van der Waals surface area (Å²) in [6, 6.07) is 3.75. The molecule has 22 heavy (non-hydrogen) atoms. The molecule has 0 bridgehead atoms. The normalized spacial score (nSPS) is 22.7. The minimum Gasteiger partial charge on any atom is -0.370 e. The van der Waals surface area contributed by atoms with Crippen molar-refractivity contribution in [1.29, 1.82) is 0 Å². The Kier molecular flexibility index (Phi) is 7.47. The number of ether oxygens (including phenoxy) is 1. The topological polar surface area (TPSA) is 79.5 Å². The zero-order valence-corrected chi connectivity index (χ0v) is 14.2. The van der Waals surface area contributed by atoms with Gasteiger partial charge >= 0.3 is 0 Å². The van der Waals surface area contributed by atoms with Crippen LogP contribution in [0.25, 0.3) is 0 Å². The van der Waals surface area contributed by atoms with Gasteiger partial charge in [-0.25, -0.2) is 9.11 Å². The molecule has 10 heteroatoms. The maximum Gasteiger partial charge on any atom is 0.277 e. The molecule has 3 N–H and O–H groups in total. The van der Waals surface area contributed by atoms with Crippen molar-refractivity contribution in [3.63, 3.8) is 0 Å². The molecule has 1 aromatic rings. The largest absolute Gasteiger partial charge is 0.370 e. The fourth-order valence-electron chi connectivity index (χ4n) is 2.12. The van der Waals surface area contributed by atoms with Crippen molar-refractivity contribution in [2.45, 2.75) is 12.1 Å². The minimum absolute atomic E-state index is 0. The van der Waals surface area contributed by atoms with Crippen molar-refractivity contribution in [2.75, 3.05) is 26.7 Å². The van der Waals surface area contributed by atoms with E-state index < -0.39 is 28.2 Å². The Morgan fingerprint density at radius 1 is 1.45 bits per heavy atom. The summed E-state index contributed by atoms with van der Waals surface area (Å²) in [5, 5.41) is 3.08. The number of rotatable bonds is 4. The maximum atomic E-state index is 13.6. The first kappa shape index (κ1) is 19.6. The van der Waals surface area contributed by atoms with Crippen molar-refractivity contribution in [2.24, 2.45) is 0 Å². The second-order valence-electron chi connectivity index (χ2n) is 4.60. The van der Waals surface area contributed by atoms with Gasteiger partial charge < -0.3 is 10.1 Å². The van der Waals surface area contributed by atoms with Gasteiger partial charge in [-0.05, 0) is 17.7 Å². The van der Waals surface area contributed by atoms with Gasteiger partial charge in [-0.3, -0.25) is 0 Å². The van der Waals surface area contributed by atoms with Crippen LogP contribution in [0, 0.1) is 5.82 Å². The van der Waals surface area contributed by atoms with E-state index in [1.54, 1.807) is 6.07 Å². The van der Waals surface area contributed by atoms with Crippen LogP contribution in [0.1, 0.15) is 11.7 Å². The van der Waals surface area contributed by atoms with E-state index in [9.17, 15) is 12.8 Å². The molecule has 6 nitrogen and oxygen atoms in total. The van der Waals surface area contributed by atoms with E-state index in [2.05, 4.69) is 14.8 Å². The first-order valence-corrected chi connectivity index (χ1v) is 8.27. The van der Waals surface area contributed by atoms with Crippen LogP contribution in [0.2, 0.25) is 5.02 Å². The molecule has 0 aliphatic carbocycles. The number of hydrogen-bond donors (Lipinski definition) is 3. The predicted molar refractivity (Wildman–Crippen MR) is 85.1 cm³/mol. The molecule has 1 aliphatic rings. The summed E-state index contributed by atoms with van der Waals surface area (Å²) in [6.45, 7) is 1.35. The van der Waals surface area contributed by atoms with Crippen LogP contribution in [-0.2, 0) is 14.9 Å². The lowest BCUT2D eigenvalue weighted by Crippen LogP contribution is -2.48. The van der Waals surface area contributed by atoms with E-state index in [-0.39, 0.29) is 17.4 Å². The highest BCUT2D eigenvalue weighted by Crippen LogP contribution is 2.26. The van der Waals surface area contributed by atoms with Gasteiger partial charge in [0.15, 0.2) is 0 Å². The minimum atomic E-state index is -3.63. The Balaban J connectivity index is 0.00000242. The summed E-state index contributed by atoms with van der Waals surface area (Å²) in [5.74, 6) is -0.565. The number of hydrogen-bond acceptors (Lipinski definition) is 4. The first-order chi connectivity index (χ1) is 9.93. The number of nitrogens with one attached hydrogen (secondary N) is 3. The number of benzene rings is 1. The molecule has 0 amide bonds. The van der Waals surface area contributed by atoms with Crippen molar-refractivity contribution in [3.05, 3.63) is 34.6 Å². The second-order valence-corrected chi connectivity index (χ2v) is 6.66. The van der Waals surface area contributed by atoms with Crippen LogP contribution in [0.4, 0.5) is 4.39 Å². The molecule has 0 radical (unpaired) electrons. The van der Waals surface area contributed by atoms with Gasteiger partial charge in [-0.15, -0.1) is 12.4 Å². The molecule has 1 fully saturated rings. The zero-order valence-electron chi connectivity index (χ0n) is 11.8. The fraction of sp³-hybridized carbons (Fsp3) is 0.500. The maximum absolute atomic E-state index is 13.6. The standard InChI is InChI=1S/C12H17ClFN3O3S.ClH/c1-15-21(18,19)17-11-7-16-4-5-20-12(11)8-2-3-9(13)10(14)6-8;/h2-3,6,11-12,15-17H,4-5,7H2,1H3;1H/t11-,12+;/m1./s1. The Morgan fingerprint density at radius 3 is 2.82 bits per heavy atom. The van der Waals surface area contributed by atoms with Crippen molar-refractivity contribution in [3.8, 4) is 0 Å². The quantitative estimate of drug-likeness (QED) is 0.734. The molecule has 1 saturated heterocycles. The molecule has 126 valence electrons. The summed E-state index contributed by atoms with van der Waals surface area (Å²) >= 11 is 5.67. The average molecular weight is 374 g/mol. The highest BCUT2D eigenvalue weighted by Gasteiger charge is 2.29. The molecule has 0 aromatic heterocycles. The Bertz CT molecular complexity index is 603.